The van der Waals surface area contributed by atoms with Crippen molar-refractivity contribution in [3.8, 4) is 5.69 Å². The van der Waals surface area contributed by atoms with Gasteiger partial charge in [-0.15, -0.1) is 3.96 Å². The topological polar surface area (TPSA) is 3.88 Å². The molecule has 0 amide bonds. The summed E-state index contributed by atoms with van der Waals surface area (Å²) in [6, 6.07) is 8.48. The summed E-state index contributed by atoms with van der Waals surface area (Å²) >= 11 is 5.42. The van der Waals surface area contributed by atoms with Crippen LogP contribution in [0.3, 0.4) is 0 Å². The van der Waals surface area contributed by atoms with Crippen molar-refractivity contribution >= 4 is 27.5 Å². The van der Waals surface area contributed by atoms with Crippen molar-refractivity contribution in [3.63, 3.8) is 0 Å². The smallest absolute Gasteiger partial charge is 0.102 e. The van der Waals surface area contributed by atoms with Crippen LogP contribution in [-0.2, 0) is 12.8 Å². The van der Waals surface area contributed by atoms with E-state index in [0.717, 1.165) is 4.47 Å². The van der Waals surface area contributed by atoms with E-state index in [2.05, 4.69) is 50.3 Å². The van der Waals surface area contributed by atoms with Crippen LogP contribution in [-0.4, -0.2) is 0 Å². The molecule has 0 N–H and O–H groups in total. The average Bonchev–Trinajstić information content (AvgIpc) is 2.72. The predicted molar refractivity (Wildman–Crippen MR) is 70.2 cm³/mol. The van der Waals surface area contributed by atoms with Gasteiger partial charge in [-0.25, -0.2) is 0 Å². The maximum Gasteiger partial charge on any atom is 0.226 e. The Morgan fingerprint density at radius 2 is 2.06 bits per heavy atom. The Bertz CT molecular complexity index is 495. The lowest BCUT2D eigenvalue weighted by Gasteiger charge is -2.04. The SMILES string of the molecule is Brc1cccc(-[n+]2cc3c(s2)CCCC3)c1. The monoisotopic (exact) mass is 294 g/mol. The Labute approximate surface area is 108 Å². The van der Waals surface area contributed by atoms with Crippen LogP contribution >= 0.6 is 27.5 Å². The molecule has 0 atom stereocenters. The summed E-state index contributed by atoms with van der Waals surface area (Å²) < 4.78 is 3.43. The number of hydrogen-bond acceptors (Lipinski definition) is 1. The fourth-order valence-corrected chi connectivity index (χ4v) is 3.70. The number of aromatic nitrogens is 1. The molecular weight excluding hydrogens is 282 g/mol. The van der Waals surface area contributed by atoms with E-state index in [0.29, 0.717) is 0 Å². The minimum absolute atomic E-state index is 1.14. The minimum atomic E-state index is 1.14. The Morgan fingerprint density at radius 1 is 1.19 bits per heavy atom. The Hall–Kier alpha value is -0.670. The number of nitrogens with zero attached hydrogens (tertiary/aromatic N) is 1. The highest BCUT2D eigenvalue weighted by molar-refractivity contribution is 9.10. The maximum atomic E-state index is 3.52. The van der Waals surface area contributed by atoms with Gasteiger partial charge in [0, 0.05) is 22.2 Å². The van der Waals surface area contributed by atoms with Gasteiger partial charge in [0.1, 0.15) is 11.5 Å². The number of halogens is 1. The lowest BCUT2D eigenvalue weighted by molar-refractivity contribution is -0.520. The molecule has 16 heavy (non-hydrogen) atoms. The minimum Gasteiger partial charge on any atom is -0.102 e. The van der Waals surface area contributed by atoms with Crippen LogP contribution in [0, 0.1) is 0 Å². The van der Waals surface area contributed by atoms with Gasteiger partial charge < -0.3 is 0 Å². The highest BCUT2D eigenvalue weighted by Gasteiger charge is 2.20. The highest BCUT2D eigenvalue weighted by atomic mass is 79.9. The molecule has 3 heteroatoms. The molecule has 82 valence electrons. The van der Waals surface area contributed by atoms with Crippen LogP contribution in [0.2, 0.25) is 0 Å². The number of rotatable bonds is 1. The summed E-state index contributed by atoms with van der Waals surface area (Å²) in [4.78, 5) is 1.58. The highest BCUT2D eigenvalue weighted by Crippen LogP contribution is 2.24. The molecule has 3 rings (SSSR count). The molecule has 0 radical (unpaired) electrons. The van der Waals surface area contributed by atoms with Gasteiger partial charge in [-0.1, -0.05) is 22.0 Å². The molecule has 1 aromatic heterocycles. The predicted octanol–water partition coefficient (Wildman–Crippen LogP) is 3.67. The van der Waals surface area contributed by atoms with E-state index >= 15 is 0 Å². The molecule has 0 spiro atoms. The molecule has 0 bridgehead atoms. The van der Waals surface area contributed by atoms with Crippen LogP contribution in [0.1, 0.15) is 23.3 Å². The zero-order valence-corrected chi connectivity index (χ0v) is 11.4. The van der Waals surface area contributed by atoms with E-state index in [4.69, 9.17) is 0 Å². The van der Waals surface area contributed by atoms with Gasteiger partial charge in [0.2, 0.25) is 5.69 Å². The summed E-state index contributed by atoms with van der Waals surface area (Å²) in [5, 5.41) is 0. The van der Waals surface area contributed by atoms with E-state index in [1.165, 1.54) is 31.4 Å². The molecule has 1 nitrogen and oxygen atoms in total. The first-order valence-corrected chi connectivity index (χ1v) is 7.19. The molecule has 0 aliphatic heterocycles. The fraction of sp³-hybridized carbons (Fsp3) is 0.308. The first-order valence-electron chi connectivity index (χ1n) is 5.62. The van der Waals surface area contributed by atoms with Crippen molar-refractivity contribution < 1.29 is 3.96 Å². The van der Waals surface area contributed by atoms with Crippen LogP contribution < -0.4 is 3.96 Å². The van der Waals surface area contributed by atoms with Crippen LogP contribution in [0.15, 0.2) is 34.9 Å². The molecule has 1 aromatic carbocycles. The van der Waals surface area contributed by atoms with Crippen molar-refractivity contribution in [1.82, 2.24) is 0 Å². The Kier molecular flexibility index (Phi) is 2.82. The lowest BCUT2D eigenvalue weighted by atomic mass is 10.0. The maximum absolute atomic E-state index is 3.52. The van der Waals surface area contributed by atoms with Crippen molar-refractivity contribution in [2.75, 3.05) is 0 Å². The van der Waals surface area contributed by atoms with Crippen molar-refractivity contribution in [2.24, 2.45) is 0 Å². The summed E-state index contributed by atoms with van der Waals surface area (Å²) in [5.41, 5.74) is 2.81. The normalized spacial score (nSPS) is 14.8. The molecule has 1 heterocycles. The summed E-state index contributed by atoms with van der Waals surface area (Å²) in [7, 11) is 0. The van der Waals surface area contributed by atoms with E-state index in [1.54, 1.807) is 10.4 Å². The van der Waals surface area contributed by atoms with Gasteiger partial charge in [-0.05, 0) is 31.7 Å². The van der Waals surface area contributed by atoms with Gasteiger partial charge in [0.15, 0.2) is 6.20 Å². The van der Waals surface area contributed by atoms with Crippen molar-refractivity contribution in [3.05, 3.63) is 45.4 Å². The van der Waals surface area contributed by atoms with Gasteiger partial charge in [-0.2, -0.15) is 0 Å². The van der Waals surface area contributed by atoms with Gasteiger partial charge in [-0.3, -0.25) is 0 Å². The lowest BCUT2D eigenvalue weighted by Crippen LogP contribution is -2.23. The number of hydrogen-bond donors (Lipinski definition) is 0. The quantitative estimate of drug-likeness (QED) is 0.707. The molecule has 1 aliphatic rings. The van der Waals surface area contributed by atoms with Gasteiger partial charge in [0.25, 0.3) is 0 Å². The molecule has 0 fully saturated rings. The second-order valence-electron chi connectivity index (χ2n) is 4.18. The third-order valence-corrected chi connectivity index (χ3v) is 4.70. The second-order valence-corrected chi connectivity index (χ2v) is 6.17. The van der Waals surface area contributed by atoms with Gasteiger partial charge in [0.05, 0.1) is 4.88 Å². The van der Waals surface area contributed by atoms with E-state index in [-0.39, 0.29) is 0 Å². The molecular formula is C13H13BrNS+. The van der Waals surface area contributed by atoms with Gasteiger partial charge >= 0.3 is 0 Å². The van der Waals surface area contributed by atoms with Crippen molar-refractivity contribution in [1.29, 1.82) is 0 Å². The zero-order chi connectivity index (χ0) is 11.0. The summed E-state index contributed by atoms with van der Waals surface area (Å²) in [5.74, 6) is 0. The average molecular weight is 295 g/mol. The molecule has 2 aromatic rings. The third-order valence-electron chi connectivity index (χ3n) is 3.00. The van der Waals surface area contributed by atoms with E-state index < -0.39 is 0 Å². The van der Waals surface area contributed by atoms with Crippen LogP contribution in [0.4, 0.5) is 0 Å². The molecule has 0 saturated carbocycles. The first-order chi connectivity index (χ1) is 7.83. The zero-order valence-electron chi connectivity index (χ0n) is 8.95. The number of benzene rings is 1. The standard InChI is InChI=1S/C13H13BrNS/c14-11-5-3-6-12(8-11)15-9-10-4-1-2-7-13(10)16-15/h3,5-6,8-9H,1-2,4,7H2/q+1. The second kappa shape index (κ2) is 4.30. The van der Waals surface area contributed by atoms with Crippen LogP contribution in [0.5, 0.6) is 0 Å². The molecule has 0 unspecified atom stereocenters. The summed E-state index contributed by atoms with van der Waals surface area (Å²) in [6.07, 6.45) is 7.53. The number of aryl methyl sites for hydroxylation is 2. The Morgan fingerprint density at radius 3 is 2.88 bits per heavy atom. The summed E-state index contributed by atoms with van der Waals surface area (Å²) in [6.45, 7) is 0. The third kappa shape index (κ3) is 1.94. The number of fused-ring (bicyclic) bond motifs is 1. The fourth-order valence-electron chi connectivity index (χ4n) is 2.17. The van der Waals surface area contributed by atoms with Crippen molar-refractivity contribution in [2.45, 2.75) is 25.7 Å². The largest absolute Gasteiger partial charge is 0.226 e. The van der Waals surface area contributed by atoms with E-state index in [1.807, 2.05) is 11.5 Å². The first kappa shape index (κ1) is 10.5. The molecule has 1 aliphatic carbocycles. The van der Waals surface area contributed by atoms with E-state index in [9.17, 15) is 0 Å². The Balaban J connectivity index is 2.03. The molecule has 0 saturated heterocycles. The van der Waals surface area contributed by atoms with Crippen LogP contribution in [0.25, 0.3) is 5.69 Å².